The maximum Gasteiger partial charge on any atom is 0.171 e. The fraction of sp³-hybridized carbons (Fsp3) is 0.273. The zero-order chi connectivity index (χ0) is 20.1. The topological polar surface area (TPSA) is 70.9 Å². The number of allylic oxidation sites excluding steroid dienone is 1. The predicted molar refractivity (Wildman–Crippen MR) is 114 cm³/mol. The van der Waals surface area contributed by atoms with Crippen LogP contribution in [0.25, 0.3) is 17.1 Å². The number of aromatic nitrogens is 2. The monoisotopic (exact) mass is 393 g/mol. The van der Waals surface area contributed by atoms with E-state index < -0.39 is 0 Å². The van der Waals surface area contributed by atoms with Crippen LogP contribution in [0.4, 0.5) is 0 Å². The quantitative estimate of drug-likeness (QED) is 0.406. The average Bonchev–Trinajstić information content (AvgIpc) is 3.04. The number of nitriles is 1. The molecule has 1 N–H and O–H groups in total. The predicted octanol–water partition coefficient (Wildman–Crippen LogP) is 5.79. The Bertz CT molecular complexity index is 999. The summed E-state index contributed by atoms with van der Waals surface area (Å²) in [6.45, 7) is 7.90. The smallest absolute Gasteiger partial charge is 0.171 e. The van der Waals surface area contributed by atoms with E-state index in [9.17, 15) is 5.26 Å². The van der Waals surface area contributed by atoms with Gasteiger partial charge in [-0.15, -0.1) is 0 Å². The molecule has 28 heavy (non-hydrogen) atoms. The number of H-pyrrole nitrogens is 1. The van der Waals surface area contributed by atoms with Crippen LogP contribution in [0.1, 0.15) is 33.3 Å². The number of hydrogen-bond donors (Lipinski definition) is 1. The first-order valence-corrected chi connectivity index (χ1v) is 9.98. The Morgan fingerprint density at radius 2 is 1.86 bits per heavy atom. The summed E-state index contributed by atoms with van der Waals surface area (Å²) in [4.78, 5) is 8.27. The molecular weight excluding hydrogens is 370 g/mol. The van der Waals surface area contributed by atoms with E-state index in [0.29, 0.717) is 15.8 Å². The van der Waals surface area contributed by atoms with Gasteiger partial charge in [0.25, 0.3) is 0 Å². The third-order valence-electron chi connectivity index (χ3n) is 3.69. The van der Waals surface area contributed by atoms with Gasteiger partial charge in [-0.3, -0.25) is 0 Å². The van der Waals surface area contributed by atoms with Gasteiger partial charge in [0.15, 0.2) is 5.16 Å². The number of imidazole rings is 1. The Hall–Kier alpha value is -2.91. The fourth-order valence-electron chi connectivity index (χ4n) is 2.64. The second-order valence-electron chi connectivity index (χ2n) is 6.81. The Labute approximate surface area is 169 Å². The summed E-state index contributed by atoms with van der Waals surface area (Å²) in [5.41, 5.74) is 2.65. The van der Waals surface area contributed by atoms with Crippen LogP contribution < -0.4 is 9.47 Å². The number of hydrogen-bond acceptors (Lipinski definition) is 5. The maximum absolute atomic E-state index is 9.62. The van der Waals surface area contributed by atoms with Crippen LogP contribution in [0.15, 0.2) is 52.5 Å². The molecular formula is C22H23N3O2S. The van der Waals surface area contributed by atoms with Gasteiger partial charge in [0.1, 0.15) is 17.6 Å². The lowest BCUT2D eigenvalue weighted by molar-refractivity contribution is 0.229. The zero-order valence-electron chi connectivity index (χ0n) is 16.4. The van der Waals surface area contributed by atoms with E-state index in [-0.39, 0.29) is 12.2 Å². The van der Waals surface area contributed by atoms with Crippen molar-refractivity contribution in [3.63, 3.8) is 0 Å². The Morgan fingerprint density at radius 1 is 1.11 bits per heavy atom. The highest BCUT2D eigenvalue weighted by Gasteiger charge is 2.11. The molecule has 3 rings (SSSR count). The lowest BCUT2D eigenvalue weighted by atomic mass is 10.1. The van der Waals surface area contributed by atoms with Crippen molar-refractivity contribution in [1.29, 1.82) is 5.26 Å². The van der Waals surface area contributed by atoms with Crippen molar-refractivity contribution in [2.45, 2.75) is 45.1 Å². The minimum absolute atomic E-state index is 0.00927. The molecule has 2 aromatic carbocycles. The molecule has 0 spiro atoms. The third kappa shape index (κ3) is 5.08. The van der Waals surface area contributed by atoms with Crippen molar-refractivity contribution in [2.24, 2.45) is 0 Å². The molecule has 0 amide bonds. The van der Waals surface area contributed by atoms with Crippen molar-refractivity contribution < 1.29 is 9.47 Å². The van der Waals surface area contributed by atoms with E-state index in [0.717, 1.165) is 22.3 Å². The molecule has 0 saturated carbocycles. The van der Waals surface area contributed by atoms with Gasteiger partial charge in [0.05, 0.1) is 28.1 Å². The number of para-hydroxylation sites is 2. The van der Waals surface area contributed by atoms with Crippen molar-refractivity contribution in [3.8, 4) is 17.6 Å². The first-order chi connectivity index (χ1) is 13.4. The zero-order valence-corrected chi connectivity index (χ0v) is 17.2. The number of nitrogens with one attached hydrogen (secondary N) is 1. The van der Waals surface area contributed by atoms with E-state index in [1.807, 2.05) is 76.2 Å². The van der Waals surface area contributed by atoms with Crippen LogP contribution in [0, 0.1) is 11.3 Å². The molecule has 0 radical (unpaired) electrons. The first-order valence-electron chi connectivity index (χ1n) is 9.16. The van der Waals surface area contributed by atoms with Crippen LogP contribution in [0.2, 0.25) is 0 Å². The number of rotatable bonds is 7. The van der Waals surface area contributed by atoms with Crippen molar-refractivity contribution in [3.05, 3.63) is 52.9 Å². The summed E-state index contributed by atoms with van der Waals surface area (Å²) in [7, 11) is 0. The maximum atomic E-state index is 9.62. The molecule has 0 saturated heterocycles. The molecule has 0 bridgehead atoms. The molecule has 5 nitrogen and oxygen atoms in total. The highest BCUT2D eigenvalue weighted by Crippen LogP contribution is 2.32. The standard InChI is InChI=1S/C22H23N3O2S/c1-14(2)26-17-10-9-16(21(12-17)27-15(3)4)11-18(13-23)28-22-24-19-7-5-6-8-20(19)25-22/h5-12,14-15H,1-4H3,(H,24,25)/b18-11-. The van der Waals surface area contributed by atoms with Gasteiger partial charge in [-0.25, -0.2) is 4.98 Å². The van der Waals surface area contributed by atoms with Crippen molar-refractivity contribution >= 4 is 28.9 Å². The number of nitrogens with zero attached hydrogens (tertiary/aromatic N) is 2. The van der Waals surface area contributed by atoms with E-state index in [2.05, 4.69) is 16.0 Å². The highest BCUT2D eigenvalue weighted by atomic mass is 32.2. The van der Waals surface area contributed by atoms with E-state index in [1.165, 1.54) is 11.8 Å². The van der Waals surface area contributed by atoms with Crippen LogP contribution in [0.5, 0.6) is 11.5 Å². The number of aromatic amines is 1. The third-order valence-corrected chi connectivity index (χ3v) is 4.51. The lowest BCUT2D eigenvalue weighted by Gasteiger charge is -2.16. The van der Waals surface area contributed by atoms with Gasteiger partial charge >= 0.3 is 0 Å². The first kappa shape index (κ1) is 19.8. The largest absolute Gasteiger partial charge is 0.491 e. The van der Waals surface area contributed by atoms with Crippen molar-refractivity contribution in [1.82, 2.24) is 9.97 Å². The average molecular weight is 394 g/mol. The molecule has 3 aromatic rings. The molecule has 0 fully saturated rings. The molecule has 0 aliphatic rings. The van der Waals surface area contributed by atoms with Gasteiger partial charge in [-0.2, -0.15) is 5.26 Å². The van der Waals surface area contributed by atoms with Gasteiger partial charge in [-0.05, 0) is 69.8 Å². The van der Waals surface area contributed by atoms with E-state index in [4.69, 9.17) is 9.47 Å². The molecule has 0 aliphatic carbocycles. The molecule has 1 aromatic heterocycles. The van der Waals surface area contributed by atoms with Crippen molar-refractivity contribution in [2.75, 3.05) is 0 Å². The number of benzene rings is 2. The summed E-state index contributed by atoms with van der Waals surface area (Å²) in [6, 6.07) is 15.7. The fourth-order valence-corrected chi connectivity index (χ4v) is 3.39. The van der Waals surface area contributed by atoms with E-state index >= 15 is 0 Å². The minimum Gasteiger partial charge on any atom is -0.491 e. The Balaban J connectivity index is 1.90. The molecule has 0 unspecified atom stereocenters. The summed E-state index contributed by atoms with van der Waals surface area (Å²) in [5, 5.41) is 10.3. The van der Waals surface area contributed by atoms with Crippen LogP contribution in [0.3, 0.4) is 0 Å². The summed E-state index contributed by atoms with van der Waals surface area (Å²) in [5.74, 6) is 1.43. The van der Waals surface area contributed by atoms with Gasteiger partial charge in [0.2, 0.25) is 0 Å². The summed E-state index contributed by atoms with van der Waals surface area (Å²) < 4.78 is 11.7. The van der Waals surface area contributed by atoms with Gasteiger partial charge < -0.3 is 14.5 Å². The number of ether oxygens (including phenoxy) is 2. The highest BCUT2D eigenvalue weighted by molar-refractivity contribution is 8.03. The second-order valence-corrected chi connectivity index (χ2v) is 7.85. The van der Waals surface area contributed by atoms with Crippen LogP contribution in [-0.4, -0.2) is 22.2 Å². The molecule has 144 valence electrons. The normalized spacial score (nSPS) is 11.8. The molecule has 1 heterocycles. The minimum atomic E-state index is 0.00927. The Kier molecular flexibility index (Phi) is 6.27. The number of fused-ring (bicyclic) bond motifs is 1. The van der Waals surface area contributed by atoms with Gasteiger partial charge in [0, 0.05) is 11.6 Å². The van der Waals surface area contributed by atoms with E-state index in [1.54, 1.807) is 0 Å². The van der Waals surface area contributed by atoms with Crippen LogP contribution in [-0.2, 0) is 0 Å². The second kappa shape index (κ2) is 8.85. The SMILES string of the molecule is CC(C)Oc1ccc(/C=C(/C#N)Sc2nc3ccccc3[nH]2)c(OC(C)C)c1. The molecule has 0 aliphatic heterocycles. The number of thioether (sulfide) groups is 1. The summed E-state index contributed by atoms with van der Waals surface area (Å²) >= 11 is 1.30. The Morgan fingerprint density at radius 3 is 2.54 bits per heavy atom. The lowest BCUT2D eigenvalue weighted by Crippen LogP contribution is -2.09. The van der Waals surface area contributed by atoms with Crippen LogP contribution >= 0.6 is 11.8 Å². The van der Waals surface area contributed by atoms with Gasteiger partial charge in [-0.1, -0.05) is 12.1 Å². The molecule has 6 heteroatoms. The summed E-state index contributed by atoms with van der Waals surface area (Å²) in [6.07, 6.45) is 1.90. The molecule has 0 atom stereocenters.